The summed E-state index contributed by atoms with van der Waals surface area (Å²) in [5.41, 5.74) is 6.03. The number of rotatable bonds is 7. The molecule has 2 rings (SSSR count). The number of carbonyl (C=O) groups excluding carboxylic acids is 1. The number of hydrogen-bond acceptors (Lipinski definition) is 3. The third-order valence-electron chi connectivity index (χ3n) is 3.09. The average molecular weight is 312 g/mol. The second-order valence-electron chi connectivity index (χ2n) is 4.99. The highest BCUT2D eigenvalue weighted by Crippen LogP contribution is 2.06. The highest BCUT2D eigenvalue weighted by Gasteiger charge is 2.00. The molecule has 0 atom stereocenters. The normalized spacial score (nSPS) is 10.8. The van der Waals surface area contributed by atoms with E-state index in [1.165, 1.54) is 11.1 Å². The molecule has 0 fully saturated rings. The van der Waals surface area contributed by atoms with Crippen LogP contribution in [0.5, 0.6) is 0 Å². The number of hydrogen-bond donors (Lipinski definition) is 1. The quantitative estimate of drug-likeness (QED) is 0.483. The van der Waals surface area contributed by atoms with E-state index in [9.17, 15) is 4.79 Å². The van der Waals surface area contributed by atoms with Crippen molar-refractivity contribution in [2.24, 2.45) is 5.10 Å². The summed E-state index contributed by atoms with van der Waals surface area (Å²) in [6.45, 7) is 2.04. The number of aryl methyl sites for hydroxylation is 2. The zero-order chi connectivity index (χ0) is 15.6. The summed E-state index contributed by atoms with van der Waals surface area (Å²) >= 11 is 1.62. The van der Waals surface area contributed by atoms with Crippen LogP contribution in [-0.4, -0.2) is 23.6 Å². The first-order chi connectivity index (χ1) is 10.7. The first-order valence-corrected chi connectivity index (χ1v) is 8.40. The van der Waals surface area contributed by atoms with Gasteiger partial charge in [-0.1, -0.05) is 60.2 Å². The average Bonchev–Trinajstić information content (AvgIpc) is 2.54. The largest absolute Gasteiger partial charge is 0.272 e. The minimum absolute atomic E-state index is 0.0681. The summed E-state index contributed by atoms with van der Waals surface area (Å²) < 4.78 is 0. The Hall–Kier alpha value is -2.07. The lowest BCUT2D eigenvalue weighted by Gasteiger charge is -2.01. The second-order valence-corrected chi connectivity index (χ2v) is 6.10. The van der Waals surface area contributed by atoms with E-state index in [4.69, 9.17) is 0 Å². The number of nitrogens with zero attached hydrogens (tertiary/aromatic N) is 1. The second kappa shape index (κ2) is 9.05. The Balaban J connectivity index is 1.62. The van der Waals surface area contributed by atoms with Crippen LogP contribution in [0.3, 0.4) is 0 Å². The molecule has 0 radical (unpaired) electrons. The summed E-state index contributed by atoms with van der Waals surface area (Å²) in [5.74, 6) is 1.29. The van der Waals surface area contributed by atoms with E-state index >= 15 is 0 Å². The van der Waals surface area contributed by atoms with E-state index in [1.54, 1.807) is 18.0 Å². The molecule has 3 nitrogen and oxygen atoms in total. The Morgan fingerprint density at radius 2 is 1.86 bits per heavy atom. The van der Waals surface area contributed by atoms with Crippen molar-refractivity contribution in [2.75, 3.05) is 11.5 Å². The van der Waals surface area contributed by atoms with Gasteiger partial charge in [0.1, 0.15) is 0 Å². The third kappa shape index (κ3) is 6.14. The summed E-state index contributed by atoms with van der Waals surface area (Å²) in [5, 5.41) is 3.97. The molecule has 0 aliphatic heterocycles. The number of hydrazone groups is 1. The minimum atomic E-state index is -0.0681. The maximum absolute atomic E-state index is 11.7. The Kier molecular flexibility index (Phi) is 6.71. The van der Waals surface area contributed by atoms with Crippen LogP contribution in [-0.2, 0) is 11.2 Å². The number of amides is 1. The molecule has 0 spiro atoms. The Morgan fingerprint density at radius 1 is 1.14 bits per heavy atom. The summed E-state index contributed by atoms with van der Waals surface area (Å²) in [6.07, 6.45) is 2.64. The molecule has 22 heavy (non-hydrogen) atoms. The molecule has 114 valence electrons. The summed E-state index contributed by atoms with van der Waals surface area (Å²) in [6, 6.07) is 18.3. The Labute approximate surface area is 135 Å². The first-order valence-electron chi connectivity index (χ1n) is 7.24. The van der Waals surface area contributed by atoms with Crippen molar-refractivity contribution in [1.82, 2.24) is 5.43 Å². The van der Waals surface area contributed by atoms with Crippen LogP contribution in [0.4, 0.5) is 0 Å². The summed E-state index contributed by atoms with van der Waals surface area (Å²) in [4.78, 5) is 11.7. The smallest absolute Gasteiger partial charge is 0.250 e. The highest BCUT2D eigenvalue weighted by molar-refractivity contribution is 7.99. The molecule has 0 saturated heterocycles. The van der Waals surface area contributed by atoms with Gasteiger partial charge in [0.2, 0.25) is 5.91 Å². The van der Waals surface area contributed by atoms with Gasteiger partial charge in [-0.25, -0.2) is 5.43 Å². The maximum Gasteiger partial charge on any atom is 0.250 e. The van der Waals surface area contributed by atoms with E-state index in [0.29, 0.717) is 5.75 Å². The van der Waals surface area contributed by atoms with Gasteiger partial charge < -0.3 is 0 Å². The lowest BCUT2D eigenvalue weighted by atomic mass is 10.2. The van der Waals surface area contributed by atoms with Crippen molar-refractivity contribution >= 4 is 23.9 Å². The van der Waals surface area contributed by atoms with Crippen molar-refractivity contribution < 1.29 is 4.79 Å². The van der Waals surface area contributed by atoms with E-state index in [2.05, 4.69) is 22.7 Å². The molecular weight excluding hydrogens is 292 g/mol. The predicted molar refractivity (Wildman–Crippen MR) is 94.4 cm³/mol. The van der Waals surface area contributed by atoms with Crippen LogP contribution < -0.4 is 5.43 Å². The van der Waals surface area contributed by atoms with Crippen LogP contribution in [0.15, 0.2) is 59.7 Å². The van der Waals surface area contributed by atoms with Gasteiger partial charge in [-0.3, -0.25) is 4.79 Å². The molecule has 0 aliphatic rings. The van der Waals surface area contributed by atoms with Crippen LogP contribution in [0.2, 0.25) is 0 Å². The molecule has 1 N–H and O–H groups in total. The number of benzene rings is 2. The maximum atomic E-state index is 11.7. The predicted octanol–water partition coefficient (Wildman–Crippen LogP) is 3.42. The molecule has 4 heteroatoms. The lowest BCUT2D eigenvalue weighted by Crippen LogP contribution is -2.20. The first kappa shape index (κ1) is 16.3. The van der Waals surface area contributed by atoms with Gasteiger partial charge in [0, 0.05) is 0 Å². The molecule has 2 aromatic rings. The number of thioether (sulfide) groups is 1. The monoisotopic (exact) mass is 312 g/mol. The molecule has 2 aromatic carbocycles. The Morgan fingerprint density at radius 3 is 2.59 bits per heavy atom. The van der Waals surface area contributed by atoms with Crippen LogP contribution in [0.25, 0.3) is 0 Å². The minimum Gasteiger partial charge on any atom is -0.272 e. The standard InChI is InChI=1S/C18H20N2OS/c1-15-7-9-17(10-8-15)13-19-20-18(21)14-22-12-11-16-5-3-2-4-6-16/h2-10,13H,11-12,14H2,1H3,(H,20,21)/b19-13-. The van der Waals surface area contributed by atoms with E-state index in [0.717, 1.165) is 17.7 Å². The molecule has 0 aromatic heterocycles. The molecule has 0 aliphatic carbocycles. The lowest BCUT2D eigenvalue weighted by molar-refractivity contribution is -0.118. The SMILES string of the molecule is Cc1ccc(/C=N\NC(=O)CSCCc2ccccc2)cc1. The van der Waals surface area contributed by atoms with Crippen molar-refractivity contribution in [1.29, 1.82) is 0 Å². The zero-order valence-electron chi connectivity index (χ0n) is 12.7. The van der Waals surface area contributed by atoms with Crippen LogP contribution in [0.1, 0.15) is 16.7 Å². The fourth-order valence-electron chi connectivity index (χ4n) is 1.86. The van der Waals surface area contributed by atoms with E-state index < -0.39 is 0 Å². The van der Waals surface area contributed by atoms with Crippen molar-refractivity contribution in [3.8, 4) is 0 Å². The molecule has 0 heterocycles. The van der Waals surface area contributed by atoms with Crippen LogP contribution >= 0.6 is 11.8 Å². The number of carbonyl (C=O) groups is 1. The summed E-state index contributed by atoms with van der Waals surface area (Å²) in [7, 11) is 0. The Bertz CT molecular complexity index is 609. The highest BCUT2D eigenvalue weighted by atomic mass is 32.2. The molecule has 0 saturated carbocycles. The van der Waals surface area contributed by atoms with Gasteiger partial charge in [0.15, 0.2) is 0 Å². The van der Waals surface area contributed by atoms with Gasteiger partial charge in [-0.2, -0.15) is 16.9 Å². The van der Waals surface area contributed by atoms with Gasteiger partial charge in [-0.15, -0.1) is 0 Å². The molecule has 0 bridgehead atoms. The third-order valence-corrected chi connectivity index (χ3v) is 4.05. The van der Waals surface area contributed by atoms with Gasteiger partial charge in [0.25, 0.3) is 0 Å². The number of nitrogens with one attached hydrogen (secondary N) is 1. The molecule has 1 amide bonds. The van der Waals surface area contributed by atoms with Crippen molar-refractivity contribution in [2.45, 2.75) is 13.3 Å². The fourth-order valence-corrected chi connectivity index (χ4v) is 2.64. The molecular formula is C18H20N2OS. The van der Waals surface area contributed by atoms with Gasteiger partial charge in [0.05, 0.1) is 12.0 Å². The van der Waals surface area contributed by atoms with Gasteiger partial charge in [-0.05, 0) is 30.2 Å². The molecule has 0 unspecified atom stereocenters. The van der Waals surface area contributed by atoms with Crippen molar-refractivity contribution in [3.63, 3.8) is 0 Å². The van der Waals surface area contributed by atoms with Crippen molar-refractivity contribution in [3.05, 3.63) is 71.3 Å². The van der Waals surface area contributed by atoms with E-state index in [-0.39, 0.29) is 5.91 Å². The zero-order valence-corrected chi connectivity index (χ0v) is 13.5. The fraction of sp³-hybridized carbons (Fsp3) is 0.222. The topological polar surface area (TPSA) is 41.5 Å². The van der Waals surface area contributed by atoms with Gasteiger partial charge >= 0.3 is 0 Å². The van der Waals surface area contributed by atoms with Crippen LogP contribution in [0, 0.1) is 6.92 Å². The van der Waals surface area contributed by atoms with E-state index in [1.807, 2.05) is 49.4 Å².